The largest absolute Gasteiger partial charge is 0.274 e. The average Bonchev–Trinajstić information content (AvgIpc) is 3.19. The molecule has 37 heavy (non-hydrogen) atoms. The number of benzene rings is 4. The van der Waals surface area contributed by atoms with Gasteiger partial charge in [-0.05, 0) is 59.9 Å². The van der Waals surface area contributed by atoms with Crippen molar-refractivity contribution in [1.82, 2.24) is 0 Å². The second-order valence-corrected chi connectivity index (χ2v) is 10.4. The summed E-state index contributed by atoms with van der Waals surface area (Å²) in [7, 11) is 0. The van der Waals surface area contributed by atoms with E-state index in [1.807, 2.05) is 66.9 Å². The van der Waals surface area contributed by atoms with E-state index >= 15 is 0 Å². The van der Waals surface area contributed by atoms with E-state index in [1.54, 1.807) is 0 Å². The average molecular weight is 483 g/mol. The summed E-state index contributed by atoms with van der Waals surface area (Å²) in [5, 5.41) is 0. The van der Waals surface area contributed by atoms with Crippen LogP contribution in [0, 0.1) is 25.7 Å². The van der Waals surface area contributed by atoms with Crippen molar-refractivity contribution >= 4 is 29.4 Å². The maximum Gasteiger partial charge on any atom is 0.239 e. The Bertz CT molecular complexity index is 1570. The Morgan fingerprint density at radius 2 is 1.38 bits per heavy atom. The van der Waals surface area contributed by atoms with Crippen LogP contribution < -0.4 is 4.90 Å². The van der Waals surface area contributed by atoms with Crippen molar-refractivity contribution in [2.75, 3.05) is 4.90 Å². The van der Waals surface area contributed by atoms with Crippen molar-refractivity contribution in [2.45, 2.75) is 25.2 Å². The molecule has 8 rings (SSSR count). The van der Waals surface area contributed by atoms with Crippen LogP contribution in [0.15, 0.2) is 102 Å². The molecule has 1 aliphatic heterocycles. The number of aliphatic imine (C=N–C) groups is 1. The first-order valence-corrected chi connectivity index (χ1v) is 12.8. The van der Waals surface area contributed by atoms with E-state index in [0.29, 0.717) is 5.69 Å². The van der Waals surface area contributed by atoms with Crippen molar-refractivity contribution < 1.29 is 9.59 Å². The molecule has 0 radical (unpaired) electrons. The molecule has 4 aromatic rings. The van der Waals surface area contributed by atoms with Crippen molar-refractivity contribution in [3.05, 3.63) is 130 Å². The topological polar surface area (TPSA) is 49.7 Å². The molecule has 0 N–H and O–H groups in total. The van der Waals surface area contributed by atoms with Crippen LogP contribution >= 0.6 is 0 Å². The minimum atomic E-state index is -0.847. The van der Waals surface area contributed by atoms with Crippen LogP contribution in [0.5, 0.6) is 0 Å². The highest BCUT2D eigenvalue weighted by Gasteiger charge is 2.67. The van der Waals surface area contributed by atoms with Crippen LogP contribution in [0.1, 0.15) is 39.3 Å². The molecule has 4 aromatic carbocycles. The SMILES string of the molecule is Cc1ccc(N=CC23c4ccccc4C(c4ccccc42)[C@H]2C(=O)N(c4ccccc4)C(=O)[C@@H]23)c(C)c1. The standard InChI is InChI=1S/C33H26N2O2/c1-20-16-17-27(21(2)18-20)34-19-33-25-14-8-6-12-23(25)28(24-13-7-9-15-26(24)33)29-30(33)32(37)35(31(29)36)22-10-4-3-5-11-22/h3-19,28-30H,1-2H3/t28?,29-,30-,33?/m1/s1. The lowest BCUT2D eigenvalue weighted by Crippen LogP contribution is -2.54. The Labute approximate surface area is 216 Å². The first kappa shape index (κ1) is 21.9. The molecule has 0 unspecified atom stereocenters. The molecule has 2 amide bonds. The highest BCUT2D eigenvalue weighted by molar-refractivity contribution is 6.25. The molecule has 1 fully saturated rings. The molecule has 1 heterocycles. The zero-order chi connectivity index (χ0) is 25.3. The van der Waals surface area contributed by atoms with Gasteiger partial charge in [-0.15, -0.1) is 0 Å². The Morgan fingerprint density at radius 3 is 2.03 bits per heavy atom. The van der Waals surface area contributed by atoms with E-state index in [0.717, 1.165) is 33.5 Å². The van der Waals surface area contributed by atoms with Gasteiger partial charge in [0.15, 0.2) is 0 Å². The molecule has 0 spiro atoms. The first-order valence-electron chi connectivity index (χ1n) is 12.8. The summed E-state index contributed by atoms with van der Waals surface area (Å²) in [6.45, 7) is 4.13. The van der Waals surface area contributed by atoms with Gasteiger partial charge in [0.1, 0.15) is 0 Å². The smallest absolute Gasteiger partial charge is 0.239 e. The molecular formula is C33H26N2O2. The number of para-hydroxylation sites is 1. The minimum absolute atomic E-state index is 0.125. The van der Waals surface area contributed by atoms with Crippen LogP contribution in [-0.2, 0) is 15.0 Å². The fourth-order valence-corrected chi connectivity index (χ4v) is 7.00. The summed E-state index contributed by atoms with van der Waals surface area (Å²) >= 11 is 0. The summed E-state index contributed by atoms with van der Waals surface area (Å²) in [5.41, 5.74) is 7.29. The van der Waals surface area contributed by atoms with E-state index in [4.69, 9.17) is 4.99 Å². The van der Waals surface area contributed by atoms with Crippen molar-refractivity contribution in [3.8, 4) is 0 Å². The number of anilines is 1. The number of rotatable bonds is 3. The summed E-state index contributed by atoms with van der Waals surface area (Å²) in [6, 6.07) is 32.1. The molecule has 0 saturated carbocycles. The van der Waals surface area contributed by atoms with Crippen molar-refractivity contribution in [3.63, 3.8) is 0 Å². The molecule has 2 atom stereocenters. The highest BCUT2D eigenvalue weighted by Crippen LogP contribution is 2.63. The fraction of sp³-hybridized carbons (Fsp3) is 0.182. The number of aryl methyl sites for hydroxylation is 2. The van der Waals surface area contributed by atoms with Gasteiger partial charge in [-0.1, -0.05) is 84.4 Å². The number of hydrogen-bond donors (Lipinski definition) is 0. The molecule has 4 heteroatoms. The Kier molecular flexibility index (Phi) is 4.65. The number of carbonyl (C=O) groups excluding carboxylic acids is 2. The van der Waals surface area contributed by atoms with E-state index < -0.39 is 17.3 Å². The lowest BCUT2D eigenvalue weighted by atomic mass is 9.47. The summed E-state index contributed by atoms with van der Waals surface area (Å²) in [5.74, 6) is -1.49. The van der Waals surface area contributed by atoms with Crippen LogP contribution in [0.2, 0.25) is 0 Å². The zero-order valence-corrected chi connectivity index (χ0v) is 20.8. The molecule has 2 bridgehead atoms. The third kappa shape index (κ3) is 2.87. The summed E-state index contributed by atoms with van der Waals surface area (Å²) in [6.07, 6.45) is 1.97. The molecule has 3 aliphatic carbocycles. The third-order valence-electron chi connectivity index (χ3n) is 8.46. The fourth-order valence-electron chi connectivity index (χ4n) is 7.00. The highest BCUT2D eigenvalue weighted by atomic mass is 16.2. The van der Waals surface area contributed by atoms with E-state index in [1.165, 1.54) is 10.5 Å². The van der Waals surface area contributed by atoms with Crippen LogP contribution in [0.3, 0.4) is 0 Å². The summed E-state index contributed by atoms with van der Waals surface area (Å²) in [4.78, 5) is 34.9. The van der Waals surface area contributed by atoms with Gasteiger partial charge in [0.25, 0.3) is 0 Å². The van der Waals surface area contributed by atoms with Gasteiger partial charge in [-0.3, -0.25) is 14.6 Å². The first-order chi connectivity index (χ1) is 18.0. The predicted octanol–water partition coefficient (Wildman–Crippen LogP) is 6.26. The van der Waals surface area contributed by atoms with Crippen molar-refractivity contribution in [1.29, 1.82) is 0 Å². The van der Waals surface area contributed by atoms with E-state index in [9.17, 15) is 9.59 Å². The zero-order valence-electron chi connectivity index (χ0n) is 20.8. The second kappa shape index (κ2) is 7.84. The Hall–Kier alpha value is -4.31. The van der Waals surface area contributed by atoms with Crippen LogP contribution in [-0.4, -0.2) is 18.0 Å². The van der Waals surface area contributed by atoms with E-state index in [2.05, 4.69) is 50.2 Å². The number of imide groups is 1. The molecular weight excluding hydrogens is 456 g/mol. The quantitative estimate of drug-likeness (QED) is 0.256. The lowest BCUT2D eigenvalue weighted by molar-refractivity contribution is -0.122. The Balaban J connectivity index is 1.52. The van der Waals surface area contributed by atoms with Gasteiger partial charge in [-0.2, -0.15) is 0 Å². The number of hydrogen-bond acceptors (Lipinski definition) is 3. The van der Waals surface area contributed by atoms with Gasteiger partial charge in [0.2, 0.25) is 11.8 Å². The molecule has 4 aliphatic rings. The summed E-state index contributed by atoms with van der Waals surface area (Å²) < 4.78 is 0. The van der Waals surface area contributed by atoms with Crippen molar-refractivity contribution in [2.24, 2.45) is 16.8 Å². The maximum absolute atomic E-state index is 14.3. The normalized spacial score (nSPS) is 25.4. The molecule has 1 saturated heterocycles. The van der Waals surface area contributed by atoms with Crippen LogP contribution in [0.25, 0.3) is 0 Å². The Morgan fingerprint density at radius 1 is 0.757 bits per heavy atom. The van der Waals surface area contributed by atoms with Gasteiger partial charge in [0, 0.05) is 12.1 Å². The molecule has 0 aromatic heterocycles. The van der Waals surface area contributed by atoms with Crippen LogP contribution in [0.4, 0.5) is 11.4 Å². The van der Waals surface area contributed by atoms with Gasteiger partial charge < -0.3 is 0 Å². The lowest BCUT2D eigenvalue weighted by Gasteiger charge is -2.52. The molecule has 180 valence electrons. The second-order valence-electron chi connectivity index (χ2n) is 10.4. The predicted molar refractivity (Wildman–Crippen MR) is 145 cm³/mol. The third-order valence-corrected chi connectivity index (χ3v) is 8.46. The number of amides is 2. The number of nitrogens with zero attached hydrogens (tertiary/aromatic N) is 2. The maximum atomic E-state index is 14.3. The monoisotopic (exact) mass is 482 g/mol. The van der Waals surface area contributed by atoms with Gasteiger partial charge in [0.05, 0.1) is 28.6 Å². The minimum Gasteiger partial charge on any atom is -0.274 e. The number of carbonyl (C=O) groups is 2. The molecule has 4 nitrogen and oxygen atoms in total. The van der Waals surface area contributed by atoms with Gasteiger partial charge >= 0.3 is 0 Å². The van der Waals surface area contributed by atoms with Gasteiger partial charge in [-0.25, -0.2) is 4.90 Å². The van der Waals surface area contributed by atoms with E-state index in [-0.39, 0.29) is 17.7 Å².